The summed E-state index contributed by atoms with van der Waals surface area (Å²) in [4.78, 5) is 1.35. The third kappa shape index (κ3) is 4.43. The average Bonchev–Trinajstić information content (AvgIpc) is 3.14. The van der Waals surface area contributed by atoms with Crippen molar-refractivity contribution in [3.05, 3.63) is 50.9 Å². The van der Waals surface area contributed by atoms with Crippen molar-refractivity contribution in [3.63, 3.8) is 0 Å². The van der Waals surface area contributed by atoms with Gasteiger partial charge in [0.25, 0.3) is 0 Å². The molecule has 0 spiro atoms. The first-order valence-electron chi connectivity index (χ1n) is 6.93. The van der Waals surface area contributed by atoms with Crippen LogP contribution in [0.15, 0.2) is 39.7 Å². The molecule has 0 amide bonds. The lowest BCUT2D eigenvalue weighted by molar-refractivity contribution is -0.890. The zero-order valence-corrected chi connectivity index (χ0v) is 15.2. The van der Waals surface area contributed by atoms with Crippen LogP contribution < -0.4 is 17.3 Å². The normalized spacial score (nSPS) is 17.6. The number of halogens is 1. The van der Waals surface area contributed by atoms with Crippen LogP contribution in [0, 0.1) is 0 Å². The monoisotopic (exact) mass is 375 g/mol. The van der Waals surface area contributed by atoms with Gasteiger partial charge in [0.15, 0.2) is 9.84 Å². The molecule has 1 N–H and O–H groups in total. The van der Waals surface area contributed by atoms with Crippen molar-refractivity contribution >= 4 is 38.1 Å². The van der Waals surface area contributed by atoms with Gasteiger partial charge in [-0.2, -0.15) is 22.7 Å². The van der Waals surface area contributed by atoms with Crippen LogP contribution in [-0.2, 0) is 9.84 Å². The summed E-state index contributed by atoms with van der Waals surface area (Å²) < 4.78 is 23.0. The molecule has 120 valence electrons. The Morgan fingerprint density at radius 2 is 1.64 bits per heavy atom. The summed E-state index contributed by atoms with van der Waals surface area (Å²) in [5, 5.41) is 8.52. The van der Waals surface area contributed by atoms with Crippen LogP contribution >= 0.6 is 22.7 Å². The Kier molecular flexibility index (Phi) is 6.23. The average molecular weight is 376 g/mol. The van der Waals surface area contributed by atoms with Crippen molar-refractivity contribution in [2.24, 2.45) is 0 Å². The Labute approximate surface area is 145 Å². The van der Waals surface area contributed by atoms with Gasteiger partial charge in [0, 0.05) is 0 Å². The van der Waals surface area contributed by atoms with E-state index in [0.29, 0.717) is 11.5 Å². The smallest absolute Gasteiger partial charge is 0.161 e. The van der Waals surface area contributed by atoms with Crippen molar-refractivity contribution in [2.45, 2.75) is 0 Å². The molecule has 0 radical (unpaired) electrons. The fraction of sp³-hybridized carbons (Fsp3) is 0.333. The van der Waals surface area contributed by atoms with E-state index in [1.54, 1.807) is 22.7 Å². The maximum absolute atomic E-state index is 11.5. The minimum absolute atomic E-state index is 0. The van der Waals surface area contributed by atoms with Crippen LogP contribution in [0.5, 0.6) is 0 Å². The number of thiophene rings is 2. The van der Waals surface area contributed by atoms with Crippen LogP contribution in [-0.4, -0.2) is 39.6 Å². The molecule has 1 fully saturated rings. The van der Waals surface area contributed by atoms with Gasteiger partial charge in [-0.3, -0.25) is 0 Å². The van der Waals surface area contributed by atoms with Gasteiger partial charge >= 0.3 is 0 Å². The van der Waals surface area contributed by atoms with E-state index < -0.39 is 9.84 Å². The van der Waals surface area contributed by atoms with Crippen molar-refractivity contribution in [1.29, 1.82) is 0 Å². The van der Waals surface area contributed by atoms with Crippen LogP contribution in [0.1, 0.15) is 11.1 Å². The number of hydrogen-bond donors (Lipinski definition) is 1. The second-order valence-electron chi connectivity index (χ2n) is 5.25. The summed E-state index contributed by atoms with van der Waals surface area (Å²) >= 11 is 3.41. The molecule has 1 aliphatic heterocycles. The van der Waals surface area contributed by atoms with Crippen LogP contribution in [0.25, 0.3) is 5.57 Å². The highest BCUT2D eigenvalue weighted by molar-refractivity contribution is 7.91. The lowest BCUT2D eigenvalue weighted by Gasteiger charge is -2.22. The predicted molar refractivity (Wildman–Crippen MR) is 89.9 cm³/mol. The van der Waals surface area contributed by atoms with E-state index in [9.17, 15) is 8.42 Å². The van der Waals surface area contributed by atoms with Crippen molar-refractivity contribution in [1.82, 2.24) is 0 Å². The minimum atomic E-state index is -2.78. The highest BCUT2D eigenvalue weighted by atomic mass is 35.5. The third-order valence-corrected chi connectivity index (χ3v) is 6.81. The van der Waals surface area contributed by atoms with Gasteiger partial charge in [0.1, 0.15) is 0 Å². The van der Waals surface area contributed by atoms with Crippen molar-refractivity contribution in [2.75, 3.05) is 31.1 Å². The van der Waals surface area contributed by atoms with E-state index >= 15 is 0 Å². The molecular formula is C15H18ClNO2S3. The summed E-state index contributed by atoms with van der Waals surface area (Å²) in [6.07, 6.45) is 2.26. The van der Waals surface area contributed by atoms with Gasteiger partial charge < -0.3 is 17.3 Å². The molecule has 1 saturated heterocycles. The van der Waals surface area contributed by atoms with E-state index in [0.717, 1.165) is 19.6 Å². The maximum atomic E-state index is 11.5. The molecule has 1 aliphatic rings. The van der Waals surface area contributed by atoms with Crippen LogP contribution in [0.3, 0.4) is 0 Å². The maximum Gasteiger partial charge on any atom is 0.161 e. The Balaban J connectivity index is 0.00000176. The zero-order valence-electron chi connectivity index (χ0n) is 12.0. The molecular weight excluding hydrogens is 358 g/mol. The van der Waals surface area contributed by atoms with E-state index in [-0.39, 0.29) is 12.4 Å². The van der Waals surface area contributed by atoms with Crippen molar-refractivity contribution in [3.8, 4) is 0 Å². The fourth-order valence-electron chi connectivity index (χ4n) is 2.52. The Hall–Kier alpha value is -0.660. The van der Waals surface area contributed by atoms with E-state index in [4.69, 9.17) is 0 Å². The number of hydrogen-bond acceptors (Lipinski definition) is 4. The number of rotatable bonds is 4. The molecule has 0 saturated carbocycles. The molecule has 3 rings (SSSR count). The van der Waals surface area contributed by atoms with Gasteiger partial charge in [-0.1, -0.05) is 0 Å². The molecule has 0 bridgehead atoms. The van der Waals surface area contributed by atoms with Gasteiger partial charge in [0.05, 0.1) is 31.1 Å². The molecule has 0 aromatic carbocycles. The first-order chi connectivity index (χ1) is 10.1. The van der Waals surface area contributed by atoms with Gasteiger partial charge in [0.2, 0.25) is 0 Å². The predicted octanol–water partition coefficient (Wildman–Crippen LogP) is -1.44. The fourth-order valence-corrected chi connectivity index (χ4v) is 5.23. The van der Waals surface area contributed by atoms with Crippen LogP contribution in [0.4, 0.5) is 0 Å². The van der Waals surface area contributed by atoms with E-state index in [2.05, 4.69) is 39.7 Å². The number of quaternary nitrogens is 1. The largest absolute Gasteiger partial charge is 1.00 e. The van der Waals surface area contributed by atoms with Gasteiger partial charge in [-0.15, -0.1) is 0 Å². The van der Waals surface area contributed by atoms with Crippen molar-refractivity contribution < 1.29 is 25.7 Å². The molecule has 3 nitrogen and oxygen atoms in total. The lowest BCUT2D eigenvalue weighted by Crippen LogP contribution is -3.14. The molecule has 7 heteroatoms. The minimum Gasteiger partial charge on any atom is -1.00 e. The highest BCUT2D eigenvalue weighted by Crippen LogP contribution is 2.26. The quantitative estimate of drug-likeness (QED) is 0.711. The molecule has 0 unspecified atom stereocenters. The van der Waals surface area contributed by atoms with E-state index in [1.807, 2.05) is 0 Å². The summed E-state index contributed by atoms with van der Waals surface area (Å²) in [7, 11) is -2.78. The highest BCUT2D eigenvalue weighted by Gasteiger charge is 2.23. The van der Waals surface area contributed by atoms with Crippen LogP contribution in [0.2, 0.25) is 0 Å². The number of sulfone groups is 1. The first-order valence-corrected chi connectivity index (χ1v) is 10.6. The Morgan fingerprint density at radius 3 is 2.09 bits per heavy atom. The Bertz CT molecular complexity index is 656. The second kappa shape index (κ2) is 7.75. The standard InChI is InChI=1S/C15H17NO2S3.ClH/c17-21(18)9-5-16(6-10-21)4-1-15(13-2-7-19-11-13)14-3-8-20-12-14;/h1-3,7-8,11-12H,4-6,9-10H2;1H. The van der Waals surface area contributed by atoms with Gasteiger partial charge in [-0.25, -0.2) is 8.42 Å². The third-order valence-electron chi connectivity index (χ3n) is 3.79. The summed E-state index contributed by atoms with van der Waals surface area (Å²) in [5.41, 5.74) is 3.77. The molecule has 2 aromatic rings. The molecule has 0 atom stereocenters. The first kappa shape index (κ1) is 17.7. The van der Waals surface area contributed by atoms with Gasteiger partial charge in [-0.05, 0) is 56.4 Å². The molecule has 22 heavy (non-hydrogen) atoms. The SMILES string of the molecule is O=S1(=O)CC[NH+](CC=C(c2ccsc2)c2ccsc2)CC1.[Cl-]. The Morgan fingerprint density at radius 1 is 1.09 bits per heavy atom. The zero-order chi connectivity index (χ0) is 14.7. The summed E-state index contributed by atoms with van der Waals surface area (Å²) in [6.45, 7) is 2.33. The molecule has 0 aliphatic carbocycles. The lowest BCUT2D eigenvalue weighted by atomic mass is 10.0. The second-order valence-corrected chi connectivity index (χ2v) is 9.11. The summed E-state index contributed by atoms with van der Waals surface area (Å²) in [5.74, 6) is 0.644. The topological polar surface area (TPSA) is 38.6 Å². The summed E-state index contributed by atoms with van der Waals surface area (Å²) in [6, 6.07) is 4.29. The number of nitrogens with one attached hydrogen (secondary N) is 1. The van der Waals surface area contributed by atoms with E-state index in [1.165, 1.54) is 21.6 Å². The molecule has 2 aromatic heterocycles. The molecule has 3 heterocycles.